The summed E-state index contributed by atoms with van der Waals surface area (Å²) in [4.78, 5) is 0. The summed E-state index contributed by atoms with van der Waals surface area (Å²) in [7, 11) is 0. The van der Waals surface area contributed by atoms with Gasteiger partial charge in [-0.1, -0.05) is 25.0 Å². The Bertz CT molecular complexity index is 405. The van der Waals surface area contributed by atoms with Gasteiger partial charge in [-0.3, -0.25) is 0 Å². The zero-order chi connectivity index (χ0) is 14.6. The van der Waals surface area contributed by atoms with Gasteiger partial charge >= 0.3 is 0 Å². The molecule has 2 rings (SSSR count). The molecule has 20 heavy (non-hydrogen) atoms. The van der Waals surface area contributed by atoms with Gasteiger partial charge < -0.3 is 14.6 Å². The maximum absolute atomic E-state index is 10.7. The van der Waals surface area contributed by atoms with Crippen LogP contribution in [0.15, 0.2) is 24.3 Å². The van der Waals surface area contributed by atoms with Gasteiger partial charge in [0, 0.05) is 6.61 Å². The van der Waals surface area contributed by atoms with Crippen molar-refractivity contribution in [3.05, 3.63) is 29.8 Å². The van der Waals surface area contributed by atoms with Gasteiger partial charge in [-0.15, -0.1) is 0 Å². The Morgan fingerprint density at radius 2 is 1.75 bits per heavy atom. The molecule has 1 unspecified atom stereocenters. The summed E-state index contributed by atoms with van der Waals surface area (Å²) in [6.45, 7) is 6.65. The van der Waals surface area contributed by atoms with Gasteiger partial charge in [0.1, 0.15) is 11.9 Å². The maximum atomic E-state index is 10.7. The maximum Gasteiger partial charge on any atom is 0.119 e. The van der Waals surface area contributed by atoms with Gasteiger partial charge in [0.05, 0.1) is 11.7 Å². The first-order chi connectivity index (χ1) is 9.57. The summed E-state index contributed by atoms with van der Waals surface area (Å²) >= 11 is 0. The zero-order valence-corrected chi connectivity index (χ0v) is 12.8. The molecule has 0 radical (unpaired) electrons. The summed E-state index contributed by atoms with van der Waals surface area (Å²) in [5.41, 5.74) is 0.520. The largest absolute Gasteiger partial charge is 0.491 e. The predicted octanol–water partition coefficient (Wildman–Crippen LogP) is 3.86. The number of hydrogen-bond donors (Lipinski definition) is 1. The minimum atomic E-state index is -0.557. The van der Waals surface area contributed by atoms with E-state index in [1.807, 2.05) is 45.0 Å². The van der Waals surface area contributed by atoms with E-state index in [0.717, 1.165) is 37.0 Å². The van der Waals surface area contributed by atoms with Gasteiger partial charge in [-0.05, 0) is 51.3 Å². The molecular weight excluding hydrogens is 252 g/mol. The van der Waals surface area contributed by atoms with E-state index in [9.17, 15) is 5.11 Å². The summed E-state index contributed by atoms with van der Waals surface area (Å²) in [6, 6.07) is 7.74. The fourth-order valence-corrected chi connectivity index (χ4v) is 3.06. The van der Waals surface area contributed by atoms with Crippen LogP contribution in [0.1, 0.15) is 58.1 Å². The fourth-order valence-electron chi connectivity index (χ4n) is 3.06. The van der Waals surface area contributed by atoms with Gasteiger partial charge in [-0.2, -0.15) is 0 Å². The third kappa shape index (κ3) is 3.33. The third-order valence-electron chi connectivity index (χ3n) is 3.95. The zero-order valence-electron chi connectivity index (χ0n) is 12.8. The minimum absolute atomic E-state index is 0.162. The molecule has 3 nitrogen and oxygen atoms in total. The van der Waals surface area contributed by atoms with Gasteiger partial charge in [0.15, 0.2) is 0 Å². The normalized spacial score (nSPS) is 19.2. The van der Waals surface area contributed by atoms with E-state index >= 15 is 0 Å². The second-order valence-corrected chi connectivity index (χ2v) is 5.84. The Morgan fingerprint density at radius 3 is 2.25 bits per heavy atom. The topological polar surface area (TPSA) is 38.7 Å². The van der Waals surface area contributed by atoms with E-state index in [2.05, 4.69) is 0 Å². The van der Waals surface area contributed by atoms with Crippen LogP contribution in [0.25, 0.3) is 0 Å². The summed E-state index contributed by atoms with van der Waals surface area (Å²) in [6.07, 6.45) is 3.74. The van der Waals surface area contributed by atoms with Crippen molar-refractivity contribution in [3.63, 3.8) is 0 Å². The standard InChI is InChI=1S/C17H26O3/c1-4-19-17(11-5-6-12-17)16(18)14-7-9-15(10-8-14)20-13(2)3/h7-10,13,16,18H,4-6,11-12H2,1-3H3. The van der Waals surface area contributed by atoms with Crippen LogP contribution in [0, 0.1) is 0 Å². The molecule has 0 amide bonds. The van der Waals surface area contributed by atoms with Crippen LogP contribution in [0.4, 0.5) is 0 Å². The van der Waals surface area contributed by atoms with Gasteiger partial charge in [0.2, 0.25) is 0 Å². The molecule has 1 aliphatic carbocycles. The molecule has 1 atom stereocenters. The highest BCUT2D eigenvalue weighted by atomic mass is 16.5. The lowest BCUT2D eigenvalue weighted by atomic mass is 9.89. The van der Waals surface area contributed by atoms with Crippen LogP contribution < -0.4 is 4.74 Å². The van der Waals surface area contributed by atoms with Crippen molar-refractivity contribution in [2.24, 2.45) is 0 Å². The van der Waals surface area contributed by atoms with Crippen molar-refractivity contribution < 1.29 is 14.6 Å². The fraction of sp³-hybridized carbons (Fsp3) is 0.647. The SMILES string of the molecule is CCOC1(C(O)c2ccc(OC(C)C)cc2)CCCC1. The van der Waals surface area contributed by atoms with Crippen LogP contribution in [0.2, 0.25) is 0 Å². The van der Waals surface area contributed by atoms with Crippen molar-refractivity contribution in [1.82, 2.24) is 0 Å². The minimum Gasteiger partial charge on any atom is -0.491 e. The molecule has 3 heteroatoms. The van der Waals surface area contributed by atoms with Crippen LogP contribution in [0.3, 0.4) is 0 Å². The number of rotatable bonds is 6. The second kappa shape index (κ2) is 6.59. The molecule has 0 aliphatic heterocycles. The highest BCUT2D eigenvalue weighted by Crippen LogP contribution is 2.43. The second-order valence-electron chi connectivity index (χ2n) is 5.84. The molecule has 1 fully saturated rings. The smallest absolute Gasteiger partial charge is 0.119 e. The van der Waals surface area contributed by atoms with Crippen molar-refractivity contribution in [3.8, 4) is 5.75 Å². The number of benzene rings is 1. The third-order valence-corrected chi connectivity index (χ3v) is 3.95. The molecule has 1 aromatic rings. The molecule has 0 saturated heterocycles. The Morgan fingerprint density at radius 1 is 1.15 bits per heavy atom. The van der Waals surface area contributed by atoms with Gasteiger partial charge in [0.25, 0.3) is 0 Å². The summed E-state index contributed by atoms with van der Waals surface area (Å²) in [5, 5.41) is 10.7. The average Bonchev–Trinajstić information content (AvgIpc) is 2.88. The quantitative estimate of drug-likeness (QED) is 0.859. The molecule has 0 heterocycles. The highest BCUT2D eigenvalue weighted by Gasteiger charge is 2.42. The molecule has 1 N–H and O–H groups in total. The lowest BCUT2D eigenvalue weighted by molar-refractivity contribution is -0.118. The van der Waals surface area contributed by atoms with Crippen molar-refractivity contribution in [2.75, 3.05) is 6.61 Å². The lowest BCUT2D eigenvalue weighted by Crippen LogP contribution is -2.36. The van der Waals surface area contributed by atoms with E-state index in [1.165, 1.54) is 0 Å². The molecular formula is C17H26O3. The van der Waals surface area contributed by atoms with Crippen LogP contribution in [0.5, 0.6) is 5.75 Å². The molecule has 112 valence electrons. The molecule has 0 spiro atoms. The number of ether oxygens (including phenoxy) is 2. The van der Waals surface area contributed by atoms with Gasteiger partial charge in [-0.25, -0.2) is 0 Å². The number of aliphatic hydroxyl groups excluding tert-OH is 1. The molecule has 1 aromatic carbocycles. The molecule has 0 aromatic heterocycles. The first-order valence-corrected chi connectivity index (χ1v) is 7.66. The van der Waals surface area contributed by atoms with Crippen molar-refractivity contribution in [2.45, 2.75) is 64.3 Å². The summed E-state index contributed by atoms with van der Waals surface area (Å²) in [5.74, 6) is 0.841. The Hall–Kier alpha value is -1.06. The number of hydrogen-bond acceptors (Lipinski definition) is 3. The number of aliphatic hydroxyl groups is 1. The highest BCUT2D eigenvalue weighted by molar-refractivity contribution is 5.30. The lowest BCUT2D eigenvalue weighted by Gasteiger charge is -2.34. The van der Waals surface area contributed by atoms with Crippen LogP contribution in [-0.4, -0.2) is 23.4 Å². The van der Waals surface area contributed by atoms with E-state index in [-0.39, 0.29) is 6.10 Å². The Labute approximate surface area is 121 Å². The van der Waals surface area contributed by atoms with E-state index in [4.69, 9.17) is 9.47 Å². The first kappa shape index (κ1) is 15.3. The molecule has 1 aliphatic rings. The predicted molar refractivity (Wildman–Crippen MR) is 80.0 cm³/mol. The van der Waals surface area contributed by atoms with Crippen molar-refractivity contribution in [1.29, 1.82) is 0 Å². The molecule has 0 bridgehead atoms. The molecule has 1 saturated carbocycles. The van der Waals surface area contributed by atoms with Crippen LogP contribution >= 0.6 is 0 Å². The van der Waals surface area contributed by atoms with E-state index in [0.29, 0.717) is 6.61 Å². The first-order valence-electron chi connectivity index (χ1n) is 7.66. The van der Waals surface area contributed by atoms with E-state index < -0.39 is 11.7 Å². The average molecular weight is 278 g/mol. The van der Waals surface area contributed by atoms with Crippen LogP contribution in [-0.2, 0) is 4.74 Å². The summed E-state index contributed by atoms with van der Waals surface area (Å²) < 4.78 is 11.6. The monoisotopic (exact) mass is 278 g/mol. The van der Waals surface area contributed by atoms with Crippen molar-refractivity contribution >= 4 is 0 Å². The Balaban J connectivity index is 2.13. The van der Waals surface area contributed by atoms with E-state index in [1.54, 1.807) is 0 Å². The Kier molecular flexibility index (Phi) is 5.06.